The van der Waals surface area contributed by atoms with Gasteiger partial charge in [0.1, 0.15) is 12.2 Å². The van der Waals surface area contributed by atoms with E-state index in [9.17, 15) is 9.18 Å². The zero-order valence-corrected chi connectivity index (χ0v) is 16.1. The van der Waals surface area contributed by atoms with Gasteiger partial charge in [-0.1, -0.05) is 6.08 Å². The van der Waals surface area contributed by atoms with Crippen molar-refractivity contribution in [2.45, 2.75) is 75.7 Å². The molecule has 0 saturated heterocycles. The maximum absolute atomic E-state index is 14.1. The largest absolute Gasteiger partial charge is 0.336 e. The summed E-state index contributed by atoms with van der Waals surface area (Å²) in [6, 6.07) is 0.317. The molecule has 28 heavy (non-hydrogen) atoms. The number of nitrogens with one attached hydrogen (secondary N) is 1. The predicted molar refractivity (Wildman–Crippen MR) is 106 cm³/mol. The van der Waals surface area contributed by atoms with Gasteiger partial charge in [0.25, 0.3) is 0 Å². The molecule has 6 heteroatoms. The van der Waals surface area contributed by atoms with Crippen LogP contribution >= 0.6 is 0 Å². The molecule has 5 rings (SSSR count). The summed E-state index contributed by atoms with van der Waals surface area (Å²) in [4.78, 5) is 19.9. The number of hydrogen-bond acceptors (Lipinski definition) is 3. The number of halogens is 1. The van der Waals surface area contributed by atoms with Gasteiger partial charge in [0.15, 0.2) is 0 Å². The molecule has 1 fully saturated rings. The van der Waals surface area contributed by atoms with Crippen LogP contribution in [0.15, 0.2) is 35.0 Å². The molecule has 1 aromatic rings. The van der Waals surface area contributed by atoms with Crippen molar-refractivity contribution in [2.24, 2.45) is 10.9 Å². The number of carbonyl (C=O) groups is 1. The molecule has 5 nitrogen and oxygen atoms in total. The van der Waals surface area contributed by atoms with Crippen LogP contribution in [0.5, 0.6) is 0 Å². The maximum atomic E-state index is 14.1. The van der Waals surface area contributed by atoms with Crippen LogP contribution in [-0.4, -0.2) is 51.5 Å². The van der Waals surface area contributed by atoms with E-state index in [2.05, 4.69) is 26.2 Å². The van der Waals surface area contributed by atoms with Crippen molar-refractivity contribution >= 4 is 12.1 Å². The average molecular weight is 382 g/mol. The minimum Gasteiger partial charge on any atom is -0.336 e. The normalized spacial score (nSPS) is 32.0. The second-order valence-electron chi connectivity index (χ2n) is 8.57. The zero-order chi connectivity index (χ0) is 19.1. The minimum absolute atomic E-state index is 0.0243. The van der Waals surface area contributed by atoms with Gasteiger partial charge in [0.05, 0.1) is 6.20 Å². The van der Waals surface area contributed by atoms with Crippen LogP contribution in [0.1, 0.15) is 49.8 Å². The standard InChI is InChI=1S/C22H27FN4O/c23-19-2-1-11-24-21(19)14-3-5-15(6-4-14)22(28)27(17-7-8-17)18-9-10-20-16(12-18)13-25-26-20/h1-3,11,13,15,17-19,21H,4-10,12H2,(H,25,26). The third-order valence-electron chi connectivity index (χ3n) is 6.68. The van der Waals surface area contributed by atoms with E-state index >= 15 is 0 Å². The Bertz CT molecular complexity index is 837. The van der Waals surface area contributed by atoms with E-state index in [1.807, 2.05) is 6.20 Å². The van der Waals surface area contributed by atoms with Gasteiger partial charge >= 0.3 is 0 Å². The highest BCUT2D eigenvalue weighted by Crippen LogP contribution is 2.37. The number of aryl methyl sites for hydroxylation is 1. The summed E-state index contributed by atoms with van der Waals surface area (Å²) in [5.41, 5.74) is 3.54. The lowest BCUT2D eigenvalue weighted by Gasteiger charge is -2.37. The first kappa shape index (κ1) is 17.8. The highest BCUT2D eigenvalue weighted by molar-refractivity contribution is 5.80. The molecule has 4 unspecified atom stereocenters. The second kappa shape index (κ2) is 7.30. The van der Waals surface area contributed by atoms with Crippen molar-refractivity contribution in [3.05, 3.63) is 41.3 Å². The summed E-state index contributed by atoms with van der Waals surface area (Å²) in [5, 5.41) is 7.25. The number of fused-ring (bicyclic) bond motifs is 1. The molecule has 4 aliphatic rings. The average Bonchev–Trinajstić information content (AvgIpc) is 3.44. The molecule has 1 aromatic heterocycles. The highest BCUT2D eigenvalue weighted by atomic mass is 19.1. The molecule has 1 aliphatic heterocycles. The Kier molecular flexibility index (Phi) is 4.65. The van der Waals surface area contributed by atoms with Crippen LogP contribution in [0.25, 0.3) is 0 Å². The number of dihydropyridines is 1. The van der Waals surface area contributed by atoms with Gasteiger partial charge in [0, 0.05) is 29.9 Å². The molecule has 0 bridgehead atoms. The number of aliphatic imine (C=N–C) groups is 1. The van der Waals surface area contributed by atoms with Crippen molar-refractivity contribution in [2.75, 3.05) is 0 Å². The second-order valence-corrected chi connectivity index (χ2v) is 8.57. The van der Waals surface area contributed by atoms with Gasteiger partial charge in [-0.3, -0.25) is 14.9 Å². The number of aromatic amines is 1. The Hall–Kier alpha value is -2.24. The molecule has 1 N–H and O–H groups in total. The Morgan fingerprint density at radius 3 is 2.82 bits per heavy atom. The summed E-state index contributed by atoms with van der Waals surface area (Å²) < 4.78 is 14.1. The van der Waals surface area contributed by atoms with Gasteiger partial charge in [-0.2, -0.15) is 5.10 Å². The highest BCUT2D eigenvalue weighted by Gasteiger charge is 2.41. The van der Waals surface area contributed by atoms with Gasteiger partial charge in [-0.25, -0.2) is 4.39 Å². The van der Waals surface area contributed by atoms with E-state index in [-0.39, 0.29) is 5.92 Å². The molecule has 0 radical (unpaired) electrons. The van der Waals surface area contributed by atoms with Crippen molar-refractivity contribution in [3.63, 3.8) is 0 Å². The van der Waals surface area contributed by atoms with Crippen LogP contribution in [0.4, 0.5) is 4.39 Å². The van der Waals surface area contributed by atoms with Gasteiger partial charge in [0.2, 0.25) is 5.91 Å². The van der Waals surface area contributed by atoms with Gasteiger partial charge in [-0.05, 0) is 74.7 Å². The van der Waals surface area contributed by atoms with E-state index < -0.39 is 12.2 Å². The Morgan fingerprint density at radius 2 is 2.07 bits per heavy atom. The van der Waals surface area contributed by atoms with Crippen molar-refractivity contribution < 1.29 is 9.18 Å². The SMILES string of the molecule is O=C(C1CC=C(C2N=CC=CC2F)CC1)N(C1CC1)C1CCc2[nH]ncc2C1. The predicted octanol–water partition coefficient (Wildman–Crippen LogP) is 3.33. The van der Waals surface area contributed by atoms with E-state index in [0.717, 1.165) is 50.5 Å². The van der Waals surface area contributed by atoms with Crippen molar-refractivity contribution in [1.29, 1.82) is 0 Å². The lowest BCUT2D eigenvalue weighted by molar-refractivity contribution is -0.139. The van der Waals surface area contributed by atoms with E-state index in [0.29, 0.717) is 24.4 Å². The summed E-state index contributed by atoms with van der Waals surface area (Å²) >= 11 is 0. The Labute approximate surface area is 164 Å². The monoisotopic (exact) mass is 382 g/mol. The van der Waals surface area contributed by atoms with Gasteiger partial charge < -0.3 is 4.90 Å². The summed E-state index contributed by atoms with van der Waals surface area (Å²) in [6.45, 7) is 0. The first-order chi connectivity index (χ1) is 13.7. The molecule has 0 spiro atoms. The van der Waals surface area contributed by atoms with Crippen molar-refractivity contribution in [1.82, 2.24) is 15.1 Å². The fourth-order valence-electron chi connectivity index (χ4n) is 4.99. The lowest BCUT2D eigenvalue weighted by Crippen LogP contribution is -2.47. The van der Waals surface area contributed by atoms with Gasteiger partial charge in [-0.15, -0.1) is 0 Å². The van der Waals surface area contributed by atoms with E-state index in [1.54, 1.807) is 18.4 Å². The number of alkyl halides is 1. The molecule has 148 valence electrons. The summed E-state index contributed by atoms with van der Waals surface area (Å²) in [5.74, 6) is 0.329. The molecule has 2 heterocycles. The molecule has 4 atom stereocenters. The van der Waals surface area contributed by atoms with Crippen LogP contribution in [0, 0.1) is 5.92 Å². The summed E-state index contributed by atoms with van der Waals surface area (Å²) in [7, 11) is 0. The van der Waals surface area contributed by atoms with Crippen LogP contribution in [0.2, 0.25) is 0 Å². The number of aromatic nitrogens is 2. The fraction of sp³-hybridized carbons (Fsp3) is 0.591. The summed E-state index contributed by atoms with van der Waals surface area (Å²) in [6.07, 6.45) is 15.3. The van der Waals surface area contributed by atoms with Crippen molar-refractivity contribution in [3.8, 4) is 0 Å². The Morgan fingerprint density at radius 1 is 1.18 bits per heavy atom. The number of H-pyrrole nitrogens is 1. The quantitative estimate of drug-likeness (QED) is 0.812. The lowest BCUT2D eigenvalue weighted by atomic mass is 9.83. The molecular formula is C22H27FN4O. The first-order valence-electron chi connectivity index (χ1n) is 10.6. The number of carbonyl (C=O) groups excluding carboxylic acids is 1. The number of hydrogen-bond donors (Lipinski definition) is 1. The minimum atomic E-state index is -1.04. The number of nitrogens with zero attached hydrogens (tertiary/aromatic N) is 3. The number of allylic oxidation sites excluding steroid dienone is 2. The Balaban J connectivity index is 1.27. The molecule has 3 aliphatic carbocycles. The fourth-order valence-corrected chi connectivity index (χ4v) is 4.99. The molecular weight excluding hydrogens is 355 g/mol. The molecule has 1 saturated carbocycles. The smallest absolute Gasteiger partial charge is 0.226 e. The first-order valence-corrected chi connectivity index (χ1v) is 10.6. The number of rotatable bonds is 4. The number of amides is 1. The van der Waals surface area contributed by atoms with E-state index in [4.69, 9.17) is 0 Å². The molecule has 0 aromatic carbocycles. The molecule has 1 amide bonds. The zero-order valence-electron chi connectivity index (χ0n) is 16.1. The maximum Gasteiger partial charge on any atom is 0.226 e. The van der Waals surface area contributed by atoms with E-state index in [1.165, 1.54) is 11.3 Å². The van der Waals surface area contributed by atoms with Crippen LogP contribution < -0.4 is 0 Å². The third-order valence-corrected chi connectivity index (χ3v) is 6.68. The topological polar surface area (TPSA) is 61.4 Å². The third kappa shape index (κ3) is 3.33. The van der Waals surface area contributed by atoms with Crippen LogP contribution in [-0.2, 0) is 17.6 Å². The van der Waals surface area contributed by atoms with Crippen LogP contribution in [0.3, 0.4) is 0 Å².